The summed E-state index contributed by atoms with van der Waals surface area (Å²) >= 11 is 0. The largest absolute Gasteiger partial charge is 0.349 e. The van der Waals surface area contributed by atoms with E-state index < -0.39 is 10.0 Å². The first-order valence-electron chi connectivity index (χ1n) is 11.9. The van der Waals surface area contributed by atoms with Gasteiger partial charge in [-0.1, -0.05) is 18.2 Å². The summed E-state index contributed by atoms with van der Waals surface area (Å²) in [6, 6.07) is 12.5. The molecule has 1 aliphatic heterocycles. The number of rotatable bonds is 7. The highest BCUT2D eigenvalue weighted by molar-refractivity contribution is 7.89. The molecule has 34 heavy (non-hydrogen) atoms. The van der Waals surface area contributed by atoms with Crippen molar-refractivity contribution in [1.29, 1.82) is 0 Å². The number of amides is 2. The maximum atomic E-state index is 13.0. The van der Waals surface area contributed by atoms with Gasteiger partial charge in [-0.05, 0) is 87.4 Å². The average Bonchev–Trinajstić information content (AvgIpc) is 3.67. The molecular weight excluding hydrogens is 450 g/mol. The highest BCUT2D eigenvalue weighted by atomic mass is 32.2. The Kier molecular flexibility index (Phi) is 7.09. The van der Waals surface area contributed by atoms with Crippen molar-refractivity contribution < 1.29 is 18.0 Å². The van der Waals surface area contributed by atoms with Crippen LogP contribution in [0.25, 0.3) is 0 Å². The number of hydrogen-bond acceptors (Lipinski definition) is 4. The minimum atomic E-state index is -3.56. The molecule has 1 unspecified atom stereocenters. The van der Waals surface area contributed by atoms with Crippen LogP contribution in [0.15, 0.2) is 47.4 Å². The summed E-state index contributed by atoms with van der Waals surface area (Å²) in [5, 5.41) is 5.98. The van der Waals surface area contributed by atoms with Gasteiger partial charge in [-0.25, -0.2) is 8.42 Å². The third-order valence-corrected chi connectivity index (χ3v) is 8.82. The van der Waals surface area contributed by atoms with Gasteiger partial charge in [0.05, 0.1) is 10.9 Å². The first-order valence-corrected chi connectivity index (χ1v) is 13.4. The molecule has 0 radical (unpaired) electrons. The normalized spacial score (nSPS) is 18.3. The van der Waals surface area contributed by atoms with Gasteiger partial charge in [-0.2, -0.15) is 4.31 Å². The molecule has 2 aromatic rings. The maximum Gasteiger partial charge on any atom is 0.243 e. The van der Waals surface area contributed by atoms with Crippen molar-refractivity contribution in [1.82, 2.24) is 9.62 Å². The van der Waals surface area contributed by atoms with E-state index in [1.807, 2.05) is 51.1 Å². The minimum Gasteiger partial charge on any atom is -0.349 e. The molecule has 2 aromatic carbocycles. The van der Waals surface area contributed by atoms with Crippen molar-refractivity contribution in [2.45, 2.75) is 57.4 Å². The van der Waals surface area contributed by atoms with Crippen molar-refractivity contribution in [2.75, 3.05) is 18.4 Å². The molecule has 182 valence electrons. The van der Waals surface area contributed by atoms with Crippen LogP contribution in [0, 0.1) is 25.7 Å². The summed E-state index contributed by atoms with van der Waals surface area (Å²) in [5.74, 6) is -0.0483. The van der Waals surface area contributed by atoms with E-state index in [0.29, 0.717) is 30.8 Å². The van der Waals surface area contributed by atoms with E-state index >= 15 is 0 Å². The van der Waals surface area contributed by atoms with Crippen LogP contribution in [0.2, 0.25) is 0 Å². The highest BCUT2D eigenvalue weighted by Crippen LogP contribution is 2.30. The summed E-state index contributed by atoms with van der Waals surface area (Å²) < 4.78 is 27.5. The molecule has 1 aliphatic carbocycles. The van der Waals surface area contributed by atoms with Gasteiger partial charge in [0.2, 0.25) is 21.8 Å². The number of carbonyl (C=O) groups excluding carboxylic acids is 2. The fourth-order valence-electron chi connectivity index (χ4n) is 4.24. The van der Waals surface area contributed by atoms with Gasteiger partial charge in [0.25, 0.3) is 0 Å². The van der Waals surface area contributed by atoms with E-state index in [2.05, 4.69) is 10.6 Å². The smallest absolute Gasteiger partial charge is 0.243 e. The van der Waals surface area contributed by atoms with Gasteiger partial charge in [0.1, 0.15) is 0 Å². The quantitative estimate of drug-likeness (QED) is 0.624. The highest BCUT2D eigenvalue weighted by Gasteiger charge is 2.33. The second-order valence-electron chi connectivity index (χ2n) is 9.54. The van der Waals surface area contributed by atoms with E-state index in [1.54, 1.807) is 12.1 Å². The number of nitrogens with one attached hydrogen (secondary N) is 2. The molecule has 1 heterocycles. The van der Waals surface area contributed by atoms with E-state index in [9.17, 15) is 18.0 Å². The Balaban J connectivity index is 1.30. The van der Waals surface area contributed by atoms with Crippen molar-refractivity contribution in [3.8, 4) is 0 Å². The number of piperidine rings is 1. The van der Waals surface area contributed by atoms with Gasteiger partial charge < -0.3 is 10.6 Å². The van der Waals surface area contributed by atoms with Crippen molar-refractivity contribution in [3.63, 3.8) is 0 Å². The van der Waals surface area contributed by atoms with E-state index in [-0.39, 0.29) is 29.7 Å². The Morgan fingerprint density at radius 3 is 2.09 bits per heavy atom. The monoisotopic (exact) mass is 483 g/mol. The Hall–Kier alpha value is -2.71. The summed E-state index contributed by atoms with van der Waals surface area (Å²) in [6.07, 6.45) is 2.91. The van der Waals surface area contributed by atoms with Gasteiger partial charge in [0.15, 0.2) is 0 Å². The average molecular weight is 484 g/mol. The predicted molar refractivity (Wildman–Crippen MR) is 132 cm³/mol. The fraction of sp³-hybridized carbons (Fsp3) is 0.462. The fourth-order valence-corrected chi connectivity index (χ4v) is 5.80. The Morgan fingerprint density at radius 1 is 0.882 bits per heavy atom. The van der Waals surface area contributed by atoms with Crippen LogP contribution in [0.4, 0.5) is 5.69 Å². The molecule has 8 heteroatoms. The van der Waals surface area contributed by atoms with Crippen molar-refractivity contribution >= 4 is 27.5 Å². The second kappa shape index (κ2) is 9.88. The van der Waals surface area contributed by atoms with E-state index in [4.69, 9.17) is 0 Å². The lowest BCUT2D eigenvalue weighted by atomic mass is 9.96. The summed E-state index contributed by atoms with van der Waals surface area (Å²) in [5.41, 5.74) is 3.72. The molecule has 2 amide bonds. The molecule has 4 rings (SSSR count). The number of sulfonamides is 1. The zero-order valence-electron chi connectivity index (χ0n) is 20.0. The third-order valence-electron chi connectivity index (χ3n) is 6.93. The number of anilines is 1. The first-order chi connectivity index (χ1) is 16.1. The van der Waals surface area contributed by atoms with Gasteiger partial charge in [-0.15, -0.1) is 0 Å². The second-order valence-corrected chi connectivity index (χ2v) is 11.5. The van der Waals surface area contributed by atoms with E-state index in [0.717, 1.165) is 35.2 Å². The number of hydrogen-bond donors (Lipinski definition) is 2. The summed E-state index contributed by atoms with van der Waals surface area (Å²) in [7, 11) is -3.56. The van der Waals surface area contributed by atoms with Crippen LogP contribution in [0.1, 0.15) is 55.3 Å². The van der Waals surface area contributed by atoms with Crippen LogP contribution >= 0.6 is 0 Å². The Labute approximate surface area is 202 Å². The zero-order valence-corrected chi connectivity index (χ0v) is 20.8. The minimum absolute atomic E-state index is 0.0539. The molecule has 0 aromatic heterocycles. The first kappa shape index (κ1) is 24.4. The third kappa shape index (κ3) is 5.50. The molecule has 2 N–H and O–H groups in total. The molecule has 2 aliphatic rings. The molecule has 1 saturated heterocycles. The lowest BCUT2D eigenvalue weighted by Gasteiger charge is -2.31. The standard InChI is InChI=1S/C26H33N3O4S/c1-17-4-11-24(16-18(17)2)34(32,33)29-14-12-22(13-15-29)25(30)27-19(3)20-7-9-23(10-8-20)28-26(31)21-5-6-21/h4,7-11,16,19,21-22H,5-6,12-15H2,1-3H3,(H,27,30)(H,28,31). The van der Waals surface area contributed by atoms with Crippen molar-refractivity contribution in [2.24, 2.45) is 11.8 Å². The van der Waals surface area contributed by atoms with Crippen LogP contribution in [-0.4, -0.2) is 37.6 Å². The van der Waals surface area contributed by atoms with Crippen molar-refractivity contribution in [3.05, 3.63) is 59.2 Å². The molecule has 7 nitrogen and oxygen atoms in total. The molecule has 2 fully saturated rings. The Morgan fingerprint density at radius 2 is 1.50 bits per heavy atom. The lowest BCUT2D eigenvalue weighted by Crippen LogP contribution is -2.43. The summed E-state index contributed by atoms with van der Waals surface area (Å²) in [6.45, 7) is 6.45. The van der Waals surface area contributed by atoms with Gasteiger partial charge in [-0.3, -0.25) is 9.59 Å². The SMILES string of the molecule is Cc1ccc(S(=O)(=O)N2CCC(C(=O)NC(C)c3ccc(NC(=O)C4CC4)cc3)CC2)cc1C. The van der Waals surface area contributed by atoms with Crippen LogP contribution < -0.4 is 10.6 Å². The van der Waals surface area contributed by atoms with Gasteiger partial charge >= 0.3 is 0 Å². The number of benzene rings is 2. The molecular formula is C26H33N3O4S. The number of aryl methyl sites for hydroxylation is 2. The lowest BCUT2D eigenvalue weighted by molar-refractivity contribution is -0.126. The molecule has 1 atom stereocenters. The van der Waals surface area contributed by atoms with Gasteiger partial charge in [0, 0.05) is 30.6 Å². The Bertz CT molecular complexity index is 1170. The molecule has 0 spiro atoms. The maximum absolute atomic E-state index is 13.0. The van der Waals surface area contributed by atoms with Crippen LogP contribution in [-0.2, 0) is 19.6 Å². The van der Waals surface area contributed by atoms with Crippen LogP contribution in [0.5, 0.6) is 0 Å². The summed E-state index contributed by atoms with van der Waals surface area (Å²) in [4.78, 5) is 25.1. The number of nitrogens with zero attached hydrogens (tertiary/aromatic N) is 1. The molecule has 0 bridgehead atoms. The number of carbonyl (C=O) groups is 2. The van der Waals surface area contributed by atoms with Crippen LogP contribution in [0.3, 0.4) is 0 Å². The van der Waals surface area contributed by atoms with E-state index in [1.165, 1.54) is 4.31 Å². The topological polar surface area (TPSA) is 95.6 Å². The predicted octanol–water partition coefficient (Wildman–Crippen LogP) is 3.93. The molecule has 1 saturated carbocycles. The zero-order chi connectivity index (χ0) is 24.5.